The third-order valence-electron chi connectivity index (χ3n) is 8.90. The highest BCUT2D eigenvalue weighted by Gasteiger charge is 2.52. The van der Waals surface area contributed by atoms with Crippen molar-refractivity contribution in [3.05, 3.63) is 87.9 Å². The van der Waals surface area contributed by atoms with Crippen LogP contribution in [0, 0.1) is 0 Å². The van der Waals surface area contributed by atoms with E-state index in [1.165, 1.54) is 5.57 Å². The lowest BCUT2D eigenvalue weighted by Crippen LogP contribution is -2.41. The summed E-state index contributed by atoms with van der Waals surface area (Å²) in [7, 11) is -0.314. The Morgan fingerprint density at radius 2 is 1.24 bits per heavy atom. The summed E-state index contributed by atoms with van der Waals surface area (Å²) >= 11 is 3.31. The van der Waals surface area contributed by atoms with E-state index in [2.05, 4.69) is 38.0 Å². The van der Waals surface area contributed by atoms with Crippen LogP contribution in [0.4, 0.5) is 9.59 Å². The number of hydrogen-bond donors (Lipinski definition) is 0. The molecule has 0 aliphatic carbocycles. The summed E-state index contributed by atoms with van der Waals surface area (Å²) in [6, 6.07) is 8.03. The van der Waals surface area contributed by atoms with Crippen LogP contribution >= 0.6 is 15.9 Å². The van der Waals surface area contributed by atoms with Crippen molar-refractivity contribution in [3.63, 3.8) is 0 Å². The molecule has 0 N–H and O–H groups in total. The molecule has 0 radical (unpaired) electrons. The van der Waals surface area contributed by atoms with Gasteiger partial charge in [-0.3, -0.25) is 9.97 Å². The van der Waals surface area contributed by atoms with Crippen LogP contribution in [-0.4, -0.2) is 87.7 Å². The molecule has 0 saturated carbocycles. The zero-order valence-corrected chi connectivity index (χ0v) is 36.0. The molecule has 0 atom stereocenters. The number of nitrogens with zero attached hydrogens (tertiary/aromatic N) is 4. The zero-order chi connectivity index (χ0) is 40.3. The molecule has 1 saturated heterocycles. The van der Waals surface area contributed by atoms with E-state index in [1.54, 1.807) is 16.0 Å². The van der Waals surface area contributed by atoms with Gasteiger partial charge < -0.3 is 28.6 Å². The summed E-state index contributed by atoms with van der Waals surface area (Å²) in [6.45, 7) is 25.8. The molecule has 2 aromatic rings. The molecule has 0 unspecified atom stereocenters. The molecule has 0 aromatic carbocycles. The number of ether oxygens (including phenoxy) is 2. The summed E-state index contributed by atoms with van der Waals surface area (Å²) in [5.41, 5.74) is 3.83. The Balaban J connectivity index is 0.000000233. The van der Waals surface area contributed by atoms with Crippen molar-refractivity contribution in [3.8, 4) is 0 Å². The zero-order valence-electron chi connectivity index (χ0n) is 34.4. The highest BCUT2D eigenvalue weighted by molar-refractivity contribution is 9.10. The fraction of sp³-hybridized carbons (Fsp3) is 0.524. The first-order valence-electron chi connectivity index (χ1n) is 18.7. The van der Waals surface area contributed by atoms with Gasteiger partial charge in [0.25, 0.3) is 0 Å². The fourth-order valence-corrected chi connectivity index (χ4v) is 5.57. The Morgan fingerprint density at radius 3 is 1.61 bits per heavy atom. The van der Waals surface area contributed by atoms with Gasteiger partial charge in [0, 0.05) is 43.0 Å². The molecular formula is C42H60BBrN4O6. The number of hydrogen-bond acceptors (Lipinski definition) is 8. The number of carbonyl (C=O) groups excluding carboxylic acids is 2. The average molecular weight is 808 g/mol. The van der Waals surface area contributed by atoms with Crippen molar-refractivity contribution >= 4 is 53.0 Å². The molecule has 10 nitrogen and oxygen atoms in total. The van der Waals surface area contributed by atoms with Crippen LogP contribution in [0.5, 0.6) is 0 Å². The highest BCUT2D eigenvalue weighted by atomic mass is 79.9. The molecule has 5 heterocycles. The van der Waals surface area contributed by atoms with Crippen LogP contribution in [-0.2, 0) is 18.8 Å². The van der Waals surface area contributed by atoms with Crippen molar-refractivity contribution in [1.29, 1.82) is 0 Å². The van der Waals surface area contributed by atoms with Gasteiger partial charge in [0.15, 0.2) is 0 Å². The van der Waals surface area contributed by atoms with Gasteiger partial charge >= 0.3 is 19.3 Å². The monoisotopic (exact) mass is 806 g/mol. The van der Waals surface area contributed by atoms with Crippen molar-refractivity contribution < 1.29 is 28.4 Å². The maximum atomic E-state index is 12.1. The van der Waals surface area contributed by atoms with Crippen LogP contribution in [0.25, 0.3) is 17.7 Å². The molecule has 2 amide bonds. The molecule has 5 rings (SSSR count). The first-order valence-corrected chi connectivity index (χ1v) is 19.4. The maximum absolute atomic E-state index is 12.1. The van der Waals surface area contributed by atoms with Crippen molar-refractivity contribution in [1.82, 2.24) is 19.8 Å². The molecule has 12 heteroatoms. The SMILES string of the molecule is C/C=C/c1ccc(Br)cn1.C/C=C/c1ccc(C2=CCN(C(=O)OC(C)(C)C)CC2)cn1.CC(C)(C)OC(=O)N1CC=C(B2OC(C)(C)C(C)(C)O2)CC1. The number of amides is 2. The largest absolute Gasteiger partial charge is 0.490 e. The van der Waals surface area contributed by atoms with E-state index in [9.17, 15) is 9.59 Å². The molecule has 0 bridgehead atoms. The lowest BCUT2D eigenvalue weighted by atomic mass is 9.75. The Kier molecular flexibility index (Phi) is 15.9. The van der Waals surface area contributed by atoms with E-state index in [0.29, 0.717) is 26.2 Å². The number of aromatic nitrogens is 2. The van der Waals surface area contributed by atoms with Gasteiger partial charge in [0.05, 0.1) is 22.6 Å². The van der Waals surface area contributed by atoms with Crippen LogP contribution in [0.15, 0.2) is 70.9 Å². The molecule has 54 heavy (non-hydrogen) atoms. The molecule has 294 valence electrons. The summed E-state index contributed by atoms with van der Waals surface area (Å²) in [4.78, 5) is 36.1. The van der Waals surface area contributed by atoms with Crippen LogP contribution in [0.1, 0.15) is 113 Å². The van der Waals surface area contributed by atoms with Crippen molar-refractivity contribution in [2.45, 2.75) is 118 Å². The fourth-order valence-electron chi connectivity index (χ4n) is 5.33. The second-order valence-corrected chi connectivity index (χ2v) is 17.2. The molecule has 2 aromatic heterocycles. The average Bonchev–Trinajstić information content (AvgIpc) is 3.31. The number of carbonyl (C=O) groups is 2. The smallest absolute Gasteiger partial charge is 0.444 e. The lowest BCUT2D eigenvalue weighted by Gasteiger charge is -2.32. The lowest BCUT2D eigenvalue weighted by molar-refractivity contribution is 0.00578. The summed E-state index contributed by atoms with van der Waals surface area (Å²) in [5, 5.41) is 0. The number of pyridine rings is 2. The standard InChI is InChI=1S/C18H24N2O2.C16H28BNO4.C8H8BrN/c1-5-6-16-8-7-15(13-19-16)14-9-11-20(12-10-14)17(21)22-18(2,3)4;1-14(2,3)20-13(19)18-10-8-12(9-11-18)17-21-15(4,5)16(6,7)22-17;1-2-3-8-5-4-7(9)6-10-8/h5-9,13H,10-12H2,1-4H3;8H,9-11H2,1-7H3;2-6H,1H3/b6-5+;;3-2+. The van der Waals surface area contributed by atoms with Crippen molar-refractivity contribution in [2.24, 2.45) is 0 Å². The predicted molar refractivity (Wildman–Crippen MR) is 223 cm³/mol. The van der Waals surface area contributed by atoms with Gasteiger partial charge in [0.2, 0.25) is 0 Å². The first-order chi connectivity index (χ1) is 25.1. The van der Waals surface area contributed by atoms with Gasteiger partial charge in [-0.15, -0.1) is 0 Å². The van der Waals surface area contributed by atoms with Gasteiger partial charge in [-0.2, -0.15) is 0 Å². The highest BCUT2D eigenvalue weighted by Crippen LogP contribution is 2.39. The Hall–Kier alpha value is -3.74. The Morgan fingerprint density at radius 1 is 0.759 bits per heavy atom. The number of halogens is 1. The van der Waals surface area contributed by atoms with Crippen LogP contribution in [0.3, 0.4) is 0 Å². The van der Waals surface area contributed by atoms with Crippen molar-refractivity contribution in [2.75, 3.05) is 26.2 Å². The normalized spacial score (nSPS) is 18.3. The predicted octanol–water partition coefficient (Wildman–Crippen LogP) is 10.2. The van der Waals surface area contributed by atoms with Gasteiger partial charge in [0.1, 0.15) is 11.2 Å². The second-order valence-electron chi connectivity index (χ2n) is 16.3. The minimum absolute atomic E-state index is 0.246. The molecular weight excluding hydrogens is 747 g/mol. The van der Waals surface area contributed by atoms with E-state index < -0.39 is 11.2 Å². The topological polar surface area (TPSA) is 103 Å². The summed E-state index contributed by atoms with van der Waals surface area (Å²) < 4.78 is 23.9. The molecule has 3 aliphatic rings. The van der Waals surface area contributed by atoms with E-state index in [1.807, 2.05) is 138 Å². The van der Waals surface area contributed by atoms with E-state index in [4.69, 9.17) is 18.8 Å². The molecule has 1 fully saturated rings. The number of rotatable bonds is 4. The van der Waals surface area contributed by atoms with Crippen LogP contribution < -0.4 is 0 Å². The molecule has 0 spiro atoms. The minimum Gasteiger partial charge on any atom is -0.444 e. The van der Waals surface area contributed by atoms with E-state index in [0.717, 1.165) is 39.7 Å². The Bertz CT molecular complexity index is 1660. The van der Waals surface area contributed by atoms with Crippen LogP contribution in [0.2, 0.25) is 0 Å². The van der Waals surface area contributed by atoms with Gasteiger partial charge in [-0.25, -0.2) is 9.59 Å². The van der Waals surface area contributed by atoms with E-state index >= 15 is 0 Å². The second kappa shape index (κ2) is 19.2. The minimum atomic E-state index is -0.465. The third kappa shape index (κ3) is 14.2. The Labute approximate surface area is 332 Å². The third-order valence-corrected chi connectivity index (χ3v) is 9.36. The molecule has 3 aliphatic heterocycles. The summed E-state index contributed by atoms with van der Waals surface area (Å²) in [6.07, 6.45) is 16.7. The maximum Gasteiger partial charge on any atom is 0.490 e. The first kappa shape index (κ1) is 44.7. The summed E-state index contributed by atoms with van der Waals surface area (Å²) in [5.74, 6) is 0. The quantitative estimate of drug-likeness (QED) is 0.282. The van der Waals surface area contributed by atoms with Gasteiger partial charge in [-0.1, -0.05) is 30.4 Å². The number of allylic oxidation sites excluding steroid dienone is 2. The van der Waals surface area contributed by atoms with E-state index in [-0.39, 0.29) is 30.5 Å². The van der Waals surface area contributed by atoms with Gasteiger partial charge in [-0.05, 0) is 159 Å².